The van der Waals surface area contributed by atoms with Gasteiger partial charge in [-0.2, -0.15) is 0 Å². The molecule has 0 aromatic rings. The lowest BCUT2D eigenvalue weighted by Gasteiger charge is -2.35. The van der Waals surface area contributed by atoms with Crippen LogP contribution in [0.3, 0.4) is 0 Å². The molecule has 0 aromatic carbocycles. The molecule has 0 rings (SSSR count). The average molecular weight is 243 g/mol. The first-order valence-corrected chi connectivity index (χ1v) is 6.93. The van der Waals surface area contributed by atoms with E-state index in [1.54, 1.807) is 0 Å². The highest BCUT2D eigenvalue weighted by Crippen LogP contribution is 2.22. The number of carboxylic acid groups (broad SMARTS) is 1. The Bertz CT molecular complexity index is 218. The summed E-state index contributed by atoms with van der Waals surface area (Å²) in [5.74, 6) is -0.691. The van der Waals surface area contributed by atoms with Crippen molar-refractivity contribution in [2.24, 2.45) is 0 Å². The molecule has 1 unspecified atom stereocenters. The summed E-state index contributed by atoms with van der Waals surface area (Å²) >= 11 is 0. The van der Waals surface area contributed by atoms with Gasteiger partial charge in [-0.25, -0.2) is 0 Å². The lowest BCUT2D eigenvalue weighted by molar-refractivity contribution is -0.150. The Labute approximate surface area is 106 Å². The normalized spacial score (nSPS) is 14.9. The van der Waals surface area contributed by atoms with Crippen molar-refractivity contribution in [2.75, 3.05) is 13.6 Å². The van der Waals surface area contributed by atoms with E-state index in [4.69, 9.17) is 0 Å². The second kappa shape index (κ2) is 8.51. The average Bonchev–Trinajstić information content (AvgIpc) is 2.28. The van der Waals surface area contributed by atoms with E-state index in [1.807, 2.05) is 18.9 Å². The fraction of sp³-hybridized carbons (Fsp3) is 0.929. The molecule has 3 nitrogen and oxygen atoms in total. The molecule has 0 saturated heterocycles. The third-order valence-electron chi connectivity index (χ3n) is 3.63. The molecule has 0 heterocycles. The Hall–Kier alpha value is -0.570. The maximum Gasteiger partial charge on any atom is 0.323 e. The molecule has 1 atom stereocenters. The van der Waals surface area contributed by atoms with Gasteiger partial charge in [-0.3, -0.25) is 9.69 Å². The second-order valence-corrected chi connectivity index (χ2v) is 5.16. The van der Waals surface area contributed by atoms with E-state index >= 15 is 0 Å². The fourth-order valence-electron chi connectivity index (χ4n) is 2.12. The molecule has 0 radical (unpaired) electrons. The predicted molar refractivity (Wildman–Crippen MR) is 72.3 cm³/mol. The minimum absolute atomic E-state index is 0.691. The van der Waals surface area contributed by atoms with Gasteiger partial charge in [0.15, 0.2) is 0 Å². The van der Waals surface area contributed by atoms with Gasteiger partial charge >= 0.3 is 5.97 Å². The van der Waals surface area contributed by atoms with Crippen molar-refractivity contribution in [3.63, 3.8) is 0 Å². The number of likely N-dealkylation sites (N-methyl/N-ethyl adjacent to an activating group) is 1. The molecule has 0 fully saturated rings. The number of nitrogens with zero attached hydrogens (tertiary/aromatic N) is 1. The zero-order valence-corrected chi connectivity index (χ0v) is 12.0. The molecule has 0 aliphatic rings. The van der Waals surface area contributed by atoms with Crippen molar-refractivity contribution >= 4 is 5.97 Å². The number of carboxylic acids is 1. The summed E-state index contributed by atoms with van der Waals surface area (Å²) in [7, 11) is 1.92. The SMILES string of the molecule is CCCCCCCC(C)(C(=O)O)N(C)CCC. The molecule has 0 aliphatic carbocycles. The quantitative estimate of drug-likeness (QED) is 0.597. The summed E-state index contributed by atoms with van der Waals surface area (Å²) in [6.45, 7) is 6.97. The zero-order chi connectivity index (χ0) is 13.3. The molecular formula is C14H29NO2. The maximum atomic E-state index is 11.4. The van der Waals surface area contributed by atoms with Gasteiger partial charge in [0.1, 0.15) is 5.54 Å². The second-order valence-electron chi connectivity index (χ2n) is 5.16. The highest BCUT2D eigenvalue weighted by Gasteiger charge is 2.36. The van der Waals surface area contributed by atoms with Crippen molar-refractivity contribution < 1.29 is 9.90 Å². The van der Waals surface area contributed by atoms with E-state index < -0.39 is 11.5 Å². The highest BCUT2D eigenvalue weighted by molar-refractivity contribution is 5.78. The summed E-state index contributed by atoms with van der Waals surface area (Å²) < 4.78 is 0. The van der Waals surface area contributed by atoms with Crippen LogP contribution in [-0.2, 0) is 4.79 Å². The van der Waals surface area contributed by atoms with Crippen LogP contribution in [0, 0.1) is 0 Å². The first-order valence-electron chi connectivity index (χ1n) is 6.93. The standard InChI is InChI=1S/C14H29NO2/c1-5-7-8-9-10-11-14(3,13(16)17)15(4)12-6-2/h5-12H2,1-4H3,(H,16,17). The van der Waals surface area contributed by atoms with E-state index in [2.05, 4.69) is 13.8 Å². The van der Waals surface area contributed by atoms with Crippen LogP contribution in [0.4, 0.5) is 0 Å². The number of carbonyl (C=O) groups is 1. The highest BCUT2D eigenvalue weighted by atomic mass is 16.4. The Balaban J connectivity index is 4.17. The van der Waals surface area contributed by atoms with Crippen LogP contribution in [0.1, 0.15) is 65.7 Å². The van der Waals surface area contributed by atoms with Crippen molar-refractivity contribution in [3.8, 4) is 0 Å². The fourth-order valence-corrected chi connectivity index (χ4v) is 2.12. The number of hydrogen-bond donors (Lipinski definition) is 1. The number of hydrogen-bond acceptors (Lipinski definition) is 2. The summed E-state index contributed by atoms with van der Waals surface area (Å²) in [5, 5.41) is 9.39. The minimum atomic E-state index is -0.692. The Kier molecular flexibility index (Phi) is 8.23. The van der Waals surface area contributed by atoms with Crippen molar-refractivity contribution in [2.45, 2.75) is 71.3 Å². The molecule has 0 aromatic heterocycles. The zero-order valence-electron chi connectivity index (χ0n) is 12.0. The van der Waals surface area contributed by atoms with Crippen LogP contribution in [0.25, 0.3) is 0 Å². The topological polar surface area (TPSA) is 40.5 Å². The maximum absolute atomic E-state index is 11.4. The van der Waals surface area contributed by atoms with Crippen LogP contribution in [0.15, 0.2) is 0 Å². The summed E-state index contributed by atoms with van der Waals surface area (Å²) in [4.78, 5) is 13.4. The molecular weight excluding hydrogens is 214 g/mol. The van der Waals surface area contributed by atoms with Crippen LogP contribution in [0.2, 0.25) is 0 Å². The molecule has 3 heteroatoms. The molecule has 102 valence electrons. The van der Waals surface area contributed by atoms with E-state index in [1.165, 1.54) is 19.3 Å². The van der Waals surface area contributed by atoms with Gasteiger partial charge in [-0.15, -0.1) is 0 Å². The van der Waals surface area contributed by atoms with Crippen LogP contribution in [-0.4, -0.2) is 35.1 Å². The summed E-state index contributed by atoms with van der Waals surface area (Å²) in [5.41, 5.74) is -0.692. The number of aliphatic carboxylic acids is 1. The monoisotopic (exact) mass is 243 g/mol. The van der Waals surface area contributed by atoms with Gasteiger partial charge < -0.3 is 5.11 Å². The van der Waals surface area contributed by atoms with Crippen LogP contribution >= 0.6 is 0 Å². The van der Waals surface area contributed by atoms with Gasteiger partial charge in [0.05, 0.1) is 0 Å². The number of rotatable bonds is 10. The molecule has 0 amide bonds. The van der Waals surface area contributed by atoms with Gasteiger partial charge in [0, 0.05) is 0 Å². The van der Waals surface area contributed by atoms with E-state index in [0.717, 1.165) is 32.2 Å². The van der Waals surface area contributed by atoms with Gasteiger partial charge in [-0.1, -0.05) is 46.0 Å². The minimum Gasteiger partial charge on any atom is -0.480 e. The first-order chi connectivity index (χ1) is 7.99. The summed E-state index contributed by atoms with van der Waals surface area (Å²) in [6, 6.07) is 0. The molecule has 17 heavy (non-hydrogen) atoms. The van der Waals surface area contributed by atoms with Gasteiger partial charge in [0.2, 0.25) is 0 Å². The first kappa shape index (κ1) is 16.4. The molecule has 0 aliphatic heterocycles. The molecule has 0 bridgehead atoms. The van der Waals surface area contributed by atoms with Gasteiger partial charge in [0.25, 0.3) is 0 Å². The molecule has 0 spiro atoms. The van der Waals surface area contributed by atoms with Crippen LogP contribution < -0.4 is 0 Å². The smallest absolute Gasteiger partial charge is 0.323 e. The van der Waals surface area contributed by atoms with Crippen LogP contribution in [0.5, 0.6) is 0 Å². The third kappa shape index (κ3) is 5.53. The van der Waals surface area contributed by atoms with E-state index in [-0.39, 0.29) is 0 Å². The Morgan fingerprint density at radius 2 is 1.71 bits per heavy atom. The Morgan fingerprint density at radius 3 is 2.18 bits per heavy atom. The predicted octanol–water partition coefficient (Wildman–Crippen LogP) is 3.53. The molecule has 0 saturated carbocycles. The Morgan fingerprint density at radius 1 is 1.12 bits per heavy atom. The van der Waals surface area contributed by atoms with Crippen molar-refractivity contribution in [1.29, 1.82) is 0 Å². The van der Waals surface area contributed by atoms with E-state index in [9.17, 15) is 9.90 Å². The van der Waals surface area contributed by atoms with Crippen molar-refractivity contribution in [3.05, 3.63) is 0 Å². The summed E-state index contributed by atoms with van der Waals surface area (Å²) in [6.07, 6.45) is 7.62. The molecule has 1 N–H and O–H groups in total. The van der Waals surface area contributed by atoms with Gasteiger partial charge in [-0.05, 0) is 33.4 Å². The largest absolute Gasteiger partial charge is 0.480 e. The lowest BCUT2D eigenvalue weighted by Crippen LogP contribution is -2.50. The lowest BCUT2D eigenvalue weighted by atomic mass is 9.92. The third-order valence-corrected chi connectivity index (χ3v) is 3.63. The van der Waals surface area contributed by atoms with Crippen molar-refractivity contribution in [1.82, 2.24) is 4.90 Å². The number of unbranched alkanes of at least 4 members (excludes halogenated alkanes) is 4. The van der Waals surface area contributed by atoms with E-state index in [0.29, 0.717) is 0 Å².